The van der Waals surface area contributed by atoms with Crippen LogP contribution in [0.2, 0.25) is 0 Å². The zero-order valence-electron chi connectivity index (χ0n) is 7.39. The minimum absolute atomic E-state index is 0.197. The van der Waals surface area contributed by atoms with E-state index in [0.717, 1.165) is 19.6 Å². The maximum Gasteiger partial charge on any atom is 0.220 e. The Kier molecular flexibility index (Phi) is 5.84. The molecule has 0 aliphatic rings. The molecule has 0 heterocycles. The summed E-state index contributed by atoms with van der Waals surface area (Å²) < 4.78 is 0. The van der Waals surface area contributed by atoms with E-state index in [1.54, 1.807) is 0 Å². The van der Waals surface area contributed by atoms with Crippen molar-refractivity contribution in [1.82, 2.24) is 10.2 Å². The predicted octanol–water partition coefficient (Wildman–Crippen LogP) is 0.278. The highest BCUT2D eigenvalue weighted by atomic mass is 16.1. The molecule has 0 unspecified atom stereocenters. The van der Waals surface area contributed by atoms with Crippen LogP contribution in [0.3, 0.4) is 0 Å². The molecule has 0 aromatic heterocycles. The first-order chi connectivity index (χ1) is 5.20. The monoisotopic (exact) mass is 157 g/mol. The molecule has 0 saturated heterocycles. The second-order valence-electron chi connectivity index (χ2n) is 2.38. The van der Waals surface area contributed by atoms with Crippen molar-refractivity contribution < 1.29 is 4.79 Å². The molecule has 0 fully saturated rings. The number of carbonyl (C=O) groups is 1. The van der Waals surface area contributed by atoms with Crippen molar-refractivity contribution in [3.8, 4) is 0 Å². The van der Waals surface area contributed by atoms with E-state index in [4.69, 9.17) is 0 Å². The highest BCUT2D eigenvalue weighted by molar-refractivity contribution is 5.79. The maximum atomic E-state index is 10.4. The molecular formula is C8H17N2O. The van der Waals surface area contributed by atoms with Crippen molar-refractivity contribution in [1.29, 1.82) is 0 Å². The Morgan fingerprint density at radius 2 is 2.00 bits per heavy atom. The standard InChI is InChI=1S/C8H17N2O/c1-4-10(5-2)7-6-9-8(3)11/h3-7H2,1-2H3,(H,9,11). The number of hydrogen-bond donors (Lipinski definition) is 1. The summed E-state index contributed by atoms with van der Waals surface area (Å²) in [5.41, 5.74) is 0. The van der Waals surface area contributed by atoms with Crippen LogP contribution in [0.4, 0.5) is 0 Å². The van der Waals surface area contributed by atoms with Gasteiger partial charge in [0.25, 0.3) is 0 Å². The Balaban J connectivity index is 3.28. The molecule has 0 rings (SSSR count). The first kappa shape index (κ1) is 10.4. The second-order valence-corrected chi connectivity index (χ2v) is 2.38. The molecule has 1 amide bonds. The minimum atomic E-state index is -0.197. The molecule has 3 nitrogen and oxygen atoms in total. The summed E-state index contributed by atoms with van der Waals surface area (Å²) in [6.07, 6.45) is 0. The summed E-state index contributed by atoms with van der Waals surface area (Å²) in [5.74, 6) is -0.197. The zero-order chi connectivity index (χ0) is 8.69. The quantitative estimate of drug-likeness (QED) is 0.621. The van der Waals surface area contributed by atoms with Crippen molar-refractivity contribution in [2.75, 3.05) is 26.2 Å². The molecule has 0 aliphatic carbocycles. The highest BCUT2D eigenvalue weighted by Gasteiger charge is 1.97. The lowest BCUT2D eigenvalue weighted by Crippen LogP contribution is -2.33. The Labute approximate surface area is 68.8 Å². The molecule has 3 heteroatoms. The predicted molar refractivity (Wildman–Crippen MR) is 46.2 cm³/mol. The second kappa shape index (κ2) is 6.16. The molecule has 0 spiro atoms. The van der Waals surface area contributed by atoms with Gasteiger partial charge in [-0.15, -0.1) is 0 Å². The number of likely N-dealkylation sites (N-methyl/N-ethyl adjacent to an activating group) is 1. The molecule has 1 N–H and O–H groups in total. The van der Waals surface area contributed by atoms with Crippen LogP contribution in [0.25, 0.3) is 0 Å². The Morgan fingerprint density at radius 3 is 2.36 bits per heavy atom. The van der Waals surface area contributed by atoms with E-state index >= 15 is 0 Å². The van der Waals surface area contributed by atoms with Crippen LogP contribution in [-0.4, -0.2) is 37.0 Å². The Morgan fingerprint density at radius 1 is 1.45 bits per heavy atom. The van der Waals surface area contributed by atoms with Crippen molar-refractivity contribution in [3.63, 3.8) is 0 Å². The van der Waals surface area contributed by atoms with E-state index in [-0.39, 0.29) is 5.91 Å². The van der Waals surface area contributed by atoms with E-state index in [2.05, 4.69) is 31.0 Å². The number of rotatable bonds is 5. The molecule has 1 radical (unpaired) electrons. The fraction of sp³-hybridized carbons (Fsp3) is 0.750. The summed E-state index contributed by atoms with van der Waals surface area (Å²) in [5, 5.41) is 2.65. The average Bonchev–Trinajstić information content (AvgIpc) is 1.98. The summed E-state index contributed by atoms with van der Waals surface area (Å²) in [6.45, 7) is 11.1. The van der Waals surface area contributed by atoms with Crippen molar-refractivity contribution >= 4 is 5.91 Å². The van der Waals surface area contributed by atoms with Gasteiger partial charge in [-0.25, -0.2) is 0 Å². The van der Waals surface area contributed by atoms with Gasteiger partial charge >= 0.3 is 0 Å². The van der Waals surface area contributed by atoms with E-state index in [0.29, 0.717) is 6.54 Å². The SMILES string of the molecule is [CH2]C(=O)NCCN(CC)CC. The van der Waals surface area contributed by atoms with Gasteiger partial charge in [-0.2, -0.15) is 0 Å². The normalized spacial score (nSPS) is 10.2. The molecule has 0 aliphatic heterocycles. The van der Waals surface area contributed by atoms with Gasteiger partial charge in [-0.1, -0.05) is 13.8 Å². The van der Waals surface area contributed by atoms with Gasteiger partial charge in [0.05, 0.1) is 0 Å². The number of carbonyl (C=O) groups excluding carboxylic acids is 1. The van der Waals surface area contributed by atoms with Crippen LogP contribution < -0.4 is 5.32 Å². The Bertz CT molecular complexity index is 111. The maximum absolute atomic E-state index is 10.4. The fourth-order valence-corrected chi connectivity index (χ4v) is 0.893. The summed E-state index contributed by atoms with van der Waals surface area (Å²) >= 11 is 0. The van der Waals surface area contributed by atoms with Crippen LogP contribution in [0.15, 0.2) is 0 Å². The number of hydrogen-bond acceptors (Lipinski definition) is 2. The fourth-order valence-electron chi connectivity index (χ4n) is 0.893. The number of nitrogens with zero attached hydrogens (tertiary/aromatic N) is 1. The molecular weight excluding hydrogens is 140 g/mol. The van der Waals surface area contributed by atoms with Crippen molar-refractivity contribution in [2.24, 2.45) is 0 Å². The van der Waals surface area contributed by atoms with Crippen LogP contribution in [0.1, 0.15) is 13.8 Å². The molecule has 0 atom stereocenters. The third-order valence-corrected chi connectivity index (χ3v) is 1.64. The molecule has 11 heavy (non-hydrogen) atoms. The molecule has 0 bridgehead atoms. The van der Waals surface area contributed by atoms with Gasteiger partial charge in [-0.05, 0) is 13.1 Å². The summed E-state index contributed by atoms with van der Waals surface area (Å²) in [6, 6.07) is 0. The number of amides is 1. The van der Waals surface area contributed by atoms with Gasteiger partial charge in [-0.3, -0.25) is 4.79 Å². The molecule has 0 aromatic rings. The van der Waals surface area contributed by atoms with Crippen LogP contribution in [0, 0.1) is 6.92 Å². The zero-order valence-corrected chi connectivity index (χ0v) is 7.39. The van der Waals surface area contributed by atoms with Gasteiger partial charge in [0, 0.05) is 20.0 Å². The topological polar surface area (TPSA) is 32.3 Å². The van der Waals surface area contributed by atoms with Gasteiger partial charge < -0.3 is 10.2 Å². The van der Waals surface area contributed by atoms with E-state index in [9.17, 15) is 4.79 Å². The van der Waals surface area contributed by atoms with Crippen molar-refractivity contribution in [3.05, 3.63) is 6.92 Å². The molecule has 65 valence electrons. The lowest BCUT2D eigenvalue weighted by molar-refractivity contribution is -0.116. The van der Waals surface area contributed by atoms with Crippen LogP contribution in [-0.2, 0) is 4.79 Å². The summed E-state index contributed by atoms with van der Waals surface area (Å²) in [4.78, 5) is 12.6. The third-order valence-electron chi connectivity index (χ3n) is 1.64. The largest absolute Gasteiger partial charge is 0.355 e. The third kappa shape index (κ3) is 5.85. The first-order valence-corrected chi connectivity index (χ1v) is 4.02. The Hall–Kier alpha value is -0.570. The first-order valence-electron chi connectivity index (χ1n) is 4.02. The minimum Gasteiger partial charge on any atom is -0.355 e. The average molecular weight is 157 g/mol. The number of nitrogens with one attached hydrogen (secondary N) is 1. The van der Waals surface area contributed by atoms with E-state index < -0.39 is 0 Å². The molecule has 0 saturated carbocycles. The highest BCUT2D eigenvalue weighted by Crippen LogP contribution is 1.83. The van der Waals surface area contributed by atoms with E-state index in [1.165, 1.54) is 0 Å². The van der Waals surface area contributed by atoms with Crippen LogP contribution in [0.5, 0.6) is 0 Å². The summed E-state index contributed by atoms with van der Waals surface area (Å²) in [7, 11) is 0. The lowest BCUT2D eigenvalue weighted by Gasteiger charge is -2.17. The van der Waals surface area contributed by atoms with Crippen LogP contribution >= 0.6 is 0 Å². The van der Waals surface area contributed by atoms with Crippen molar-refractivity contribution in [2.45, 2.75) is 13.8 Å². The lowest BCUT2D eigenvalue weighted by atomic mass is 10.4. The molecule has 0 aromatic carbocycles. The smallest absolute Gasteiger partial charge is 0.220 e. The van der Waals surface area contributed by atoms with E-state index in [1.807, 2.05) is 0 Å². The van der Waals surface area contributed by atoms with Gasteiger partial charge in [0.15, 0.2) is 0 Å². The van der Waals surface area contributed by atoms with Gasteiger partial charge in [0.2, 0.25) is 5.91 Å². The van der Waals surface area contributed by atoms with Gasteiger partial charge in [0.1, 0.15) is 0 Å².